The number of hydrogen-bond donors (Lipinski definition) is 1. The van der Waals surface area contributed by atoms with Gasteiger partial charge in [-0.05, 0) is 23.3 Å². The quantitative estimate of drug-likeness (QED) is 0.844. The molecule has 0 radical (unpaired) electrons. The maximum Gasteiger partial charge on any atom is 0.0582 e. The van der Waals surface area contributed by atoms with Crippen LogP contribution in [0.15, 0.2) is 49.1 Å². The molecule has 3 nitrogen and oxygen atoms in total. The summed E-state index contributed by atoms with van der Waals surface area (Å²) in [6.45, 7) is 0. The predicted octanol–water partition coefficient (Wildman–Crippen LogP) is 1.95. The molecule has 2 aromatic heterocycles. The highest BCUT2D eigenvalue weighted by atomic mass is 35.5. The molecular formula is C11H12ClN3. The van der Waals surface area contributed by atoms with Crippen molar-refractivity contribution < 1.29 is 0 Å². The topological polar surface area (TPSA) is 51.8 Å². The van der Waals surface area contributed by atoms with Crippen molar-refractivity contribution in [3.05, 3.63) is 60.2 Å². The van der Waals surface area contributed by atoms with E-state index >= 15 is 0 Å². The van der Waals surface area contributed by atoms with Gasteiger partial charge in [0, 0.05) is 24.8 Å². The molecule has 0 atom stereocenters. The second kappa shape index (κ2) is 5.44. The van der Waals surface area contributed by atoms with Gasteiger partial charge in [-0.2, -0.15) is 0 Å². The Morgan fingerprint density at radius 1 is 0.933 bits per heavy atom. The minimum absolute atomic E-state index is 0. The predicted molar refractivity (Wildman–Crippen MR) is 61.8 cm³/mol. The number of hydrogen-bond acceptors (Lipinski definition) is 3. The Morgan fingerprint density at radius 2 is 1.40 bits per heavy atom. The van der Waals surface area contributed by atoms with Gasteiger partial charge >= 0.3 is 0 Å². The standard InChI is InChI=1S/C11H11N3.ClH/c12-11(9-3-1-5-13-7-9)10-4-2-6-14-8-10;/h1-8,11H,12H2;1H. The summed E-state index contributed by atoms with van der Waals surface area (Å²) in [5.41, 5.74) is 8.04. The van der Waals surface area contributed by atoms with Crippen LogP contribution in [0.25, 0.3) is 0 Å². The third kappa shape index (κ3) is 2.75. The summed E-state index contributed by atoms with van der Waals surface area (Å²) >= 11 is 0. The Balaban J connectivity index is 0.00000112. The van der Waals surface area contributed by atoms with Gasteiger partial charge in [-0.25, -0.2) is 0 Å². The average molecular weight is 222 g/mol. The molecule has 0 fully saturated rings. The van der Waals surface area contributed by atoms with Crippen LogP contribution in [0.1, 0.15) is 17.2 Å². The summed E-state index contributed by atoms with van der Waals surface area (Å²) in [6.07, 6.45) is 7.02. The third-order valence-electron chi connectivity index (χ3n) is 2.09. The maximum absolute atomic E-state index is 6.04. The Labute approximate surface area is 94.8 Å². The molecule has 2 rings (SSSR count). The summed E-state index contributed by atoms with van der Waals surface area (Å²) < 4.78 is 0. The van der Waals surface area contributed by atoms with Crippen LogP contribution in [-0.4, -0.2) is 9.97 Å². The van der Waals surface area contributed by atoms with Gasteiger partial charge in [0.25, 0.3) is 0 Å². The van der Waals surface area contributed by atoms with Crippen LogP contribution in [0.2, 0.25) is 0 Å². The number of aromatic nitrogens is 2. The molecule has 0 aliphatic heterocycles. The van der Waals surface area contributed by atoms with Crippen molar-refractivity contribution in [1.29, 1.82) is 0 Å². The van der Waals surface area contributed by atoms with Crippen molar-refractivity contribution >= 4 is 12.4 Å². The number of pyridine rings is 2. The highest BCUT2D eigenvalue weighted by Crippen LogP contribution is 2.16. The summed E-state index contributed by atoms with van der Waals surface area (Å²) in [5, 5.41) is 0. The van der Waals surface area contributed by atoms with Crippen LogP contribution >= 0.6 is 12.4 Å². The Hall–Kier alpha value is -1.45. The highest BCUT2D eigenvalue weighted by molar-refractivity contribution is 5.85. The van der Waals surface area contributed by atoms with E-state index < -0.39 is 0 Å². The molecule has 0 aliphatic rings. The molecule has 2 aromatic rings. The van der Waals surface area contributed by atoms with Crippen molar-refractivity contribution in [2.75, 3.05) is 0 Å². The molecule has 0 saturated carbocycles. The molecule has 0 unspecified atom stereocenters. The molecule has 2 heterocycles. The van der Waals surface area contributed by atoms with Crippen molar-refractivity contribution in [3.63, 3.8) is 0 Å². The Bertz CT molecular complexity index is 352. The monoisotopic (exact) mass is 221 g/mol. The number of halogens is 1. The first-order valence-electron chi connectivity index (χ1n) is 4.43. The van der Waals surface area contributed by atoms with Crippen LogP contribution in [-0.2, 0) is 0 Å². The van der Waals surface area contributed by atoms with E-state index in [1.165, 1.54) is 0 Å². The number of nitrogens with zero attached hydrogens (tertiary/aromatic N) is 2. The lowest BCUT2D eigenvalue weighted by Crippen LogP contribution is -2.11. The fourth-order valence-electron chi connectivity index (χ4n) is 1.31. The first kappa shape index (κ1) is 11.6. The van der Waals surface area contributed by atoms with Gasteiger partial charge in [0.2, 0.25) is 0 Å². The van der Waals surface area contributed by atoms with Crippen LogP contribution < -0.4 is 5.73 Å². The molecule has 0 aromatic carbocycles. The fraction of sp³-hybridized carbons (Fsp3) is 0.0909. The molecule has 4 heteroatoms. The summed E-state index contributed by atoms with van der Waals surface area (Å²) in [7, 11) is 0. The lowest BCUT2D eigenvalue weighted by molar-refractivity contribution is 0.855. The van der Waals surface area contributed by atoms with Crippen LogP contribution in [0, 0.1) is 0 Å². The zero-order valence-electron chi connectivity index (χ0n) is 8.08. The van der Waals surface area contributed by atoms with Crippen molar-refractivity contribution in [1.82, 2.24) is 9.97 Å². The van der Waals surface area contributed by atoms with Crippen molar-refractivity contribution in [2.45, 2.75) is 6.04 Å². The zero-order chi connectivity index (χ0) is 9.80. The average Bonchev–Trinajstić information content (AvgIpc) is 2.30. The molecule has 0 amide bonds. The summed E-state index contributed by atoms with van der Waals surface area (Å²) in [5.74, 6) is 0. The van der Waals surface area contributed by atoms with Gasteiger partial charge in [-0.1, -0.05) is 12.1 Å². The fourth-order valence-corrected chi connectivity index (χ4v) is 1.31. The van der Waals surface area contributed by atoms with E-state index in [0.29, 0.717) is 0 Å². The van der Waals surface area contributed by atoms with E-state index in [0.717, 1.165) is 11.1 Å². The van der Waals surface area contributed by atoms with Gasteiger partial charge in [-0.3, -0.25) is 9.97 Å². The highest BCUT2D eigenvalue weighted by Gasteiger charge is 2.07. The van der Waals surface area contributed by atoms with Crippen molar-refractivity contribution in [3.8, 4) is 0 Å². The number of rotatable bonds is 2. The van der Waals surface area contributed by atoms with Crippen LogP contribution in [0.3, 0.4) is 0 Å². The van der Waals surface area contributed by atoms with Crippen LogP contribution in [0.5, 0.6) is 0 Å². The molecule has 0 aliphatic carbocycles. The lowest BCUT2D eigenvalue weighted by Gasteiger charge is -2.10. The minimum atomic E-state index is -0.141. The molecule has 0 bridgehead atoms. The van der Waals surface area contributed by atoms with Gasteiger partial charge in [-0.15, -0.1) is 12.4 Å². The van der Waals surface area contributed by atoms with Gasteiger partial charge in [0.15, 0.2) is 0 Å². The van der Waals surface area contributed by atoms with Gasteiger partial charge < -0.3 is 5.73 Å². The molecular weight excluding hydrogens is 210 g/mol. The first-order valence-corrected chi connectivity index (χ1v) is 4.43. The normalized spacial score (nSPS) is 9.73. The van der Waals surface area contributed by atoms with E-state index in [1.807, 2.05) is 24.3 Å². The van der Waals surface area contributed by atoms with Crippen molar-refractivity contribution in [2.24, 2.45) is 5.73 Å². The van der Waals surface area contributed by atoms with E-state index in [4.69, 9.17) is 5.73 Å². The van der Waals surface area contributed by atoms with E-state index in [2.05, 4.69) is 9.97 Å². The Morgan fingerprint density at radius 3 is 1.73 bits per heavy atom. The minimum Gasteiger partial charge on any atom is -0.320 e. The van der Waals surface area contributed by atoms with E-state index in [-0.39, 0.29) is 18.4 Å². The molecule has 0 saturated heterocycles. The largest absolute Gasteiger partial charge is 0.320 e. The molecule has 0 spiro atoms. The third-order valence-corrected chi connectivity index (χ3v) is 2.09. The van der Waals surface area contributed by atoms with Gasteiger partial charge in [0.05, 0.1) is 6.04 Å². The molecule has 2 N–H and O–H groups in total. The van der Waals surface area contributed by atoms with Crippen LogP contribution in [0.4, 0.5) is 0 Å². The van der Waals surface area contributed by atoms with Gasteiger partial charge in [0.1, 0.15) is 0 Å². The van der Waals surface area contributed by atoms with E-state index in [9.17, 15) is 0 Å². The second-order valence-corrected chi connectivity index (χ2v) is 3.05. The molecule has 78 valence electrons. The summed E-state index contributed by atoms with van der Waals surface area (Å²) in [4.78, 5) is 8.06. The van der Waals surface area contributed by atoms with E-state index in [1.54, 1.807) is 24.8 Å². The Kier molecular flexibility index (Phi) is 4.21. The molecule has 15 heavy (non-hydrogen) atoms. The second-order valence-electron chi connectivity index (χ2n) is 3.05. The first-order chi connectivity index (χ1) is 6.88. The SMILES string of the molecule is Cl.NC(c1cccnc1)c1cccnc1. The number of nitrogens with two attached hydrogens (primary N) is 1. The zero-order valence-corrected chi connectivity index (χ0v) is 8.89. The smallest absolute Gasteiger partial charge is 0.0582 e. The summed E-state index contributed by atoms with van der Waals surface area (Å²) in [6, 6.07) is 7.55. The maximum atomic E-state index is 6.04. The lowest BCUT2D eigenvalue weighted by atomic mass is 10.0.